The summed E-state index contributed by atoms with van der Waals surface area (Å²) in [6.07, 6.45) is 1.43. The molecule has 6 amide bonds. The van der Waals surface area contributed by atoms with Gasteiger partial charge in [-0.3, -0.25) is 33.6 Å². The van der Waals surface area contributed by atoms with Gasteiger partial charge in [0.25, 0.3) is 0 Å². The van der Waals surface area contributed by atoms with Gasteiger partial charge in [0.05, 0.1) is 6.04 Å². The zero-order chi connectivity index (χ0) is 41.7. The highest BCUT2D eigenvalue weighted by atomic mass is 16.4. The molecule has 0 bridgehead atoms. The first kappa shape index (κ1) is 44.9. The number of primary amides is 1. The second kappa shape index (κ2) is 21.0. The Morgan fingerprint density at radius 2 is 1.39 bits per heavy atom. The van der Waals surface area contributed by atoms with Gasteiger partial charge in [0, 0.05) is 42.9 Å². The summed E-state index contributed by atoms with van der Waals surface area (Å²) in [5.74, 6) is -7.11. The van der Waals surface area contributed by atoms with Gasteiger partial charge in [0.1, 0.15) is 30.2 Å². The average molecular weight is 785 g/mol. The molecule has 3 rings (SSSR count). The van der Waals surface area contributed by atoms with Crippen LogP contribution in [-0.4, -0.2) is 110 Å². The second-order valence-electron chi connectivity index (χ2n) is 15.1. The van der Waals surface area contributed by atoms with Gasteiger partial charge >= 0.3 is 11.9 Å². The fourth-order valence-corrected chi connectivity index (χ4v) is 6.72. The lowest BCUT2D eigenvalue weighted by Gasteiger charge is -2.29. The molecule has 11 N–H and O–H groups in total. The number of amides is 6. The van der Waals surface area contributed by atoms with Crippen LogP contribution in [0.1, 0.15) is 84.6 Å². The van der Waals surface area contributed by atoms with Crippen LogP contribution < -0.4 is 32.7 Å². The second-order valence-corrected chi connectivity index (χ2v) is 15.1. The number of hydrogen-bond acceptors (Lipinski definition) is 9. The van der Waals surface area contributed by atoms with Crippen molar-refractivity contribution in [2.75, 3.05) is 6.54 Å². The van der Waals surface area contributed by atoms with Gasteiger partial charge in [-0.25, -0.2) is 4.79 Å². The highest BCUT2D eigenvalue weighted by molar-refractivity contribution is 5.97. The van der Waals surface area contributed by atoms with Crippen molar-refractivity contribution in [3.63, 3.8) is 0 Å². The molecule has 18 heteroatoms. The zero-order valence-corrected chi connectivity index (χ0v) is 32.3. The summed E-state index contributed by atoms with van der Waals surface area (Å²) in [5.41, 5.74) is 12.8. The standard InChI is InChI=1S/C38H56N8O10/c1-20(2)16-24(39)37(54)46-15-7-10-30(46)36(53)45-29(18-22-19-41-25-9-6-5-8-23(22)25)35(52)44-28(17-21(3)4)34(51)42-26(12-14-32(48)49)33(50)43-27(38(55)56)11-13-31(40)47/h5-6,8-9,19-21,24,26-30,41H,7,10-18,39H2,1-4H3,(H2,40,47)(H,42,51)(H,43,50)(H,44,52)(H,45,53)(H,48,49)(H,55,56). The Hall–Kier alpha value is -5.52. The lowest BCUT2D eigenvalue weighted by molar-refractivity contribution is -0.143. The predicted molar refractivity (Wildman–Crippen MR) is 204 cm³/mol. The molecule has 1 saturated heterocycles. The van der Waals surface area contributed by atoms with Crippen LogP contribution in [0.15, 0.2) is 30.5 Å². The molecule has 0 aliphatic carbocycles. The van der Waals surface area contributed by atoms with E-state index in [-0.39, 0.29) is 43.4 Å². The van der Waals surface area contributed by atoms with Crippen LogP contribution >= 0.6 is 0 Å². The smallest absolute Gasteiger partial charge is 0.326 e. The number of fused-ring (bicyclic) bond motifs is 1. The van der Waals surface area contributed by atoms with E-state index in [2.05, 4.69) is 26.3 Å². The molecular formula is C38H56N8O10. The Morgan fingerprint density at radius 1 is 0.804 bits per heavy atom. The Labute approximate surface area is 325 Å². The van der Waals surface area contributed by atoms with Crippen molar-refractivity contribution in [3.8, 4) is 0 Å². The number of rotatable bonds is 22. The Morgan fingerprint density at radius 3 is 2.02 bits per heavy atom. The van der Waals surface area contributed by atoms with Crippen LogP contribution in [0.4, 0.5) is 0 Å². The molecule has 18 nitrogen and oxygen atoms in total. The van der Waals surface area contributed by atoms with E-state index in [0.29, 0.717) is 31.4 Å². The summed E-state index contributed by atoms with van der Waals surface area (Å²) < 4.78 is 0. The minimum atomic E-state index is -1.56. The molecule has 308 valence electrons. The van der Waals surface area contributed by atoms with Crippen molar-refractivity contribution in [2.24, 2.45) is 23.3 Å². The molecule has 1 aromatic heterocycles. The lowest BCUT2D eigenvalue weighted by atomic mass is 9.99. The first-order valence-corrected chi connectivity index (χ1v) is 18.9. The predicted octanol–water partition coefficient (Wildman–Crippen LogP) is 0.275. The highest BCUT2D eigenvalue weighted by Crippen LogP contribution is 2.22. The van der Waals surface area contributed by atoms with Gasteiger partial charge in [-0.1, -0.05) is 45.9 Å². The molecule has 0 radical (unpaired) electrons. The van der Waals surface area contributed by atoms with Crippen molar-refractivity contribution in [3.05, 3.63) is 36.0 Å². The van der Waals surface area contributed by atoms with E-state index in [9.17, 15) is 48.6 Å². The minimum Gasteiger partial charge on any atom is -0.481 e. The van der Waals surface area contributed by atoms with Gasteiger partial charge in [-0.2, -0.15) is 0 Å². The molecule has 0 saturated carbocycles. The third-order valence-electron chi connectivity index (χ3n) is 9.53. The largest absolute Gasteiger partial charge is 0.481 e. The number of para-hydroxylation sites is 1. The molecule has 1 fully saturated rings. The number of nitrogens with zero attached hydrogens (tertiary/aromatic N) is 1. The first-order chi connectivity index (χ1) is 26.4. The van der Waals surface area contributed by atoms with Crippen LogP contribution in [0.3, 0.4) is 0 Å². The van der Waals surface area contributed by atoms with Gasteiger partial charge in [-0.15, -0.1) is 0 Å². The number of aliphatic carboxylic acids is 2. The third-order valence-corrected chi connectivity index (χ3v) is 9.53. The number of aromatic nitrogens is 1. The van der Waals surface area contributed by atoms with Crippen molar-refractivity contribution >= 4 is 58.3 Å². The summed E-state index contributed by atoms with van der Waals surface area (Å²) in [7, 11) is 0. The van der Waals surface area contributed by atoms with E-state index in [1.165, 1.54) is 4.90 Å². The number of nitrogens with two attached hydrogens (primary N) is 2. The SMILES string of the molecule is CC(C)CC(N)C(=O)N1CCCC1C(=O)NC(Cc1c[nH]c2ccccc12)C(=O)NC(CC(C)C)C(=O)NC(CCC(=O)O)C(=O)NC(CCC(N)=O)C(=O)O. The number of carbonyl (C=O) groups is 8. The molecule has 6 unspecified atom stereocenters. The fourth-order valence-electron chi connectivity index (χ4n) is 6.72. The van der Waals surface area contributed by atoms with Gasteiger partial charge in [0.2, 0.25) is 35.4 Å². The average Bonchev–Trinajstić information content (AvgIpc) is 3.77. The maximum Gasteiger partial charge on any atom is 0.326 e. The Bertz CT molecular complexity index is 1740. The van der Waals surface area contributed by atoms with Crippen molar-refractivity contribution in [1.29, 1.82) is 0 Å². The quantitative estimate of drug-likeness (QED) is 0.0781. The summed E-state index contributed by atoms with van der Waals surface area (Å²) in [5, 5.41) is 29.9. The van der Waals surface area contributed by atoms with E-state index in [0.717, 1.165) is 10.9 Å². The number of likely N-dealkylation sites (tertiary alicyclic amines) is 1. The van der Waals surface area contributed by atoms with Crippen LogP contribution in [-0.2, 0) is 44.8 Å². The van der Waals surface area contributed by atoms with E-state index in [1.807, 2.05) is 38.1 Å². The summed E-state index contributed by atoms with van der Waals surface area (Å²) in [6.45, 7) is 7.79. The topological polar surface area (TPSA) is 296 Å². The number of benzene rings is 1. The maximum absolute atomic E-state index is 14.2. The number of nitrogens with one attached hydrogen (secondary N) is 5. The Balaban J connectivity index is 1.89. The molecule has 0 spiro atoms. The number of aromatic amines is 1. The molecule has 6 atom stereocenters. The van der Waals surface area contributed by atoms with Crippen LogP contribution in [0.25, 0.3) is 10.9 Å². The molecule has 56 heavy (non-hydrogen) atoms. The molecule has 2 heterocycles. The lowest BCUT2D eigenvalue weighted by Crippen LogP contribution is -2.59. The van der Waals surface area contributed by atoms with Crippen LogP contribution in [0, 0.1) is 11.8 Å². The molecule has 1 aromatic carbocycles. The number of carboxylic acids is 2. The highest BCUT2D eigenvalue weighted by Gasteiger charge is 2.39. The van der Waals surface area contributed by atoms with Crippen LogP contribution in [0.2, 0.25) is 0 Å². The zero-order valence-electron chi connectivity index (χ0n) is 32.3. The maximum atomic E-state index is 14.2. The van der Waals surface area contributed by atoms with Crippen LogP contribution in [0.5, 0.6) is 0 Å². The third kappa shape index (κ3) is 13.3. The van der Waals surface area contributed by atoms with E-state index in [1.54, 1.807) is 20.0 Å². The minimum absolute atomic E-state index is 0.00332. The summed E-state index contributed by atoms with van der Waals surface area (Å²) in [4.78, 5) is 108. The summed E-state index contributed by atoms with van der Waals surface area (Å²) >= 11 is 0. The van der Waals surface area contributed by atoms with Gasteiger partial charge < -0.3 is 52.8 Å². The number of H-pyrrole nitrogens is 1. The van der Waals surface area contributed by atoms with E-state index in [4.69, 9.17) is 11.5 Å². The monoisotopic (exact) mass is 784 g/mol. The van der Waals surface area contributed by atoms with Gasteiger partial charge in [-0.05, 0) is 62.0 Å². The molecule has 2 aromatic rings. The first-order valence-electron chi connectivity index (χ1n) is 18.9. The van der Waals surface area contributed by atoms with Gasteiger partial charge in [0.15, 0.2) is 0 Å². The Kier molecular flexibility index (Phi) is 16.8. The van der Waals surface area contributed by atoms with Crippen molar-refractivity contribution in [1.82, 2.24) is 31.2 Å². The molecule has 1 aliphatic heterocycles. The van der Waals surface area contributed by atoms with Crippen molar-refractivity contribution < 1.29 is 48.6 Å². The van der Waals surface area contributed by atoms with E-state index >= 15 is 0 Å². The normalized spacial score (nSPS) is 16.8. The molecular weight excluding hydrogens is 728 g/mol. The number of hydrogen-bond donors (Lipinski definition) is 9. The summed E-state index contributed by atoms with van der Waals surface area (Å²) in [6, 6.07) is 0.0873. The fraction of sp³-hybridized carbons (Fsp3) is 0.579. The molecule has 1 aliphatic rings. The number of carbonyl (C=O) groups excluding carboxylic acids is 6. The number of carboxylic acid groups (broad SMARTS) is 2. The van der Waals surface area contributed by atoms with E-state index < -0.39 is 90.6 Å². The van der Waals surface area contributed by atoms with Crippen molar-refractivity contribution in [2.45, 2.75) is 122 Å².